The smallest absolute Gasteiger partial charge is 0.0105 e. The standard InChI is InChI=1S/C19H31N/c1-3-16-9-11-18(12-10-16)15-19(20-2)14-13-17-7-5-4-6-8-17/h9-12,17,19-20H,3-8,13-15H2,1-2H3. The summed E-state index contributed by atoms with van der Waals surface area (Å²) in [4.78, 5) is 0. The summed E-state index contributed by atoms with van der Waals surface area (Å²) in [5.41, 5.74) is 2.92. The zero-order valence-electron chi connectivity index (χ0n) is 13.3. The lowest BCUT2D eigenvalue weighted by atomic mass is 9.84. The lowest BCUT2D eigenvalue weighted by Gasteiger charge is -2.24. The Bertz CT molecular complexity index is 362. The van der Waals surface area contributed by atoms with Crippen LogP contribution < -0.4 is 5.32 Å². The minimum absolute atomic E-state index is 0.643. The topological polar surface area (TPSA) is 12.0 Å². The van der Waals surface area contributed by atoms with E-state index in [9.17, 15) is 0 Å². The second-order valence-corrected chi connectivity index (χ2v) is 6.44. The third-order valence-electron chi connectivity index (χ3n) is 4.97. The number of hydrogen-bond acceptors (Lipinski definition) is 1. The molecule has 1 saturated carbocycles. The van der Waals surface area contributed by atoms with Crippen LogP contribution in [0.2, 0.25) is 0 Å². The minimum Gasteiger partial charge on any atom is -0.317 e. The van der Waals surface area contributed by atoms with E-state index in [1.165, 1.54) is 62.5 Å². The van der Waals surface area contributed by atoms with Crippen molar-refractivity contribution in [2.45, 2.75) is 70.8 Å². The Morgan fingerprint density at radius 1 is 1.05 bits per heavy atom. The van der Waals surface area contributed by atoms with Gasteiger partial charge in [-0.1, -0.05) is 63.3 Å². The number of benzene rings is 1. The second kappa shape index (κ2) is 8.46. The first-order valence-electron chi connectivity index (χ1n) is 8.57. The van der Waals surface area contributed by atoms with Gasteiger partial charge in [0.1, 0.15) is 0 Å². The highest BCUT2D eigenvalue weighted by atomic mass is 14.9. The van der Waals surface area contributed by atoms with Crippen LogP contribution >= 0.6 is 0 Å². The van der Waals surface area contributed by atoms with E-state index in [4.69, 9.17) is 0 Å². The number of nitrogens with one attached hydrogen (secondary N) is 1. The Morgan fingerprint density at radius 3 is 2.30 bits per heavy atom. The predicted octanol–water partition coefficient (Wildman–Crippen LogP) is 4.74. The molecule has 1 aromatic carbocycles. The first-order chi connectivity index (χ1) is 9.81. The van der Waals surface area contributed by atoms with Crippen molar-refractivity contribution < 1.29 is 0 Å². The molecule has 0 amide bonds. The van der Waals surface area contributed by atoms with Crippen LogP contribution in [0, 0.1) is 5.92 Å². The Kier molecular flexibility index (Phi) is 6.59. The quantitative estimate of drug-likeness (QED) is 0.756. The molecule has 0 heterocycles. The van der Waals surface area contributed by atoms with Crippen molar-refractivity contribution in [2.75, 3.05) is 7.05 Å². The van der Waals surface area contributed by atoms with Gasteiger partial charge in [-0.25, -0.2) is 0 Å². The highest BCUT2D eigenvalue weighted by Gasteiger charge is 2.15. The first-order valence-corrected chi connectivity index (χ1v) is 8.57. The average Bonchev–Trinajstić information content (AvgIpc) is 2.53. The van der Waals surface area contributed by atoms with Gasteiger partial charge < -0.3 is 5.32 Å². The molecular weight excluding hydrogens is 242 g/mol. The Balaban J connectivity index is 1.78. The molecule has 0 radical (unpaired) electrons. The van der Waals surface area contributed by atoms with Gasteiger partial charge in [0, 0.05) is 6.04 Å². The fraction of sp³-hybridized carbons (Fsp3) is 0.684. The van der Waals surface area contributed by atoms with E-state index in [-0.39, 0.29) is 0 Å². The molecule has 1 N–H and O–H groups in total. The van der Waals surface area contributed by atoms with Crippen molar-refractivity contribution in [1.82, 2.24) is 5.32 Å². The maximum atomic E-state index is 3.52. The third kappa shape index (κ3) is 4.94. The highest BCUT2D eigenvalue weighted by Crippen LogP contribution is 2.28. The second-order valence-electron chi connectivity index (χ2n) is 6.44. The summed E-state index contributed by atoms with van der Waals surface area (Å²) in [6.45, 7) is 2.22. The monoisotopic (exact) mass is 273 g/mol. The lowest BCUT2D eigenvalue weighted by Crippen LogP contribution is -2.28. The number of rotatable bonds is 7. The highest BCUT2D eigenvalue weighted by molar-refractivity contribution is 5.23. The van der Waals surface area contributed by atoms with Crippen molar-refractivity contribution in [1.29, 1.82) is 0 Å². The average molecular weight is 273 g/mol. The van der Waals surface area contributed by atoms with Gasteiger partial charge in [0.2, 0.25) is 0 Å². The molecule has 1 unspecified atom stereocenters. The van der Waals surface area contributed by atoms with E-state index in [2.05, 4.69) is 43.6 Å². The molecule has 2 rings (SSSR count). The normalized spacial score (nSPS) is 18.1. The van der Waals surface area contributed by atoms with Crippen LogP contribution in [-0.4, -0.2) is 13.1 Å². The van der Waals surface area contributed by atoms with Gasteiger partial charge in [0.15, 0.2) is 0 Å². The van der Waals surface area contributed by atoms with Gasteiger partial charge in [0.25, 0.3) is 0 Å². The van der Waals surface area contributed by atoms with Crippen molar-refractivity contribution in [2.24, 2.45) is 5.92 Å². The van der Waals surface area contributed by atoms with Crippen LogP contribution in [-0.2, 0) is 12.8 Å². The van der Waals surface area contributed by atoms with Crippen molar-refractivity contribution in [3.8, 4) is 0 Å². The predicted molar refractivity (Wildman–Crippen MR) is 88.2 cm³/mol. The van der Waals surface area contributed by atoms with Crippen LogP contribution in [0.5, 0.6) is 0 Å². The fourth-order valence-corrected chi connectivity index (χ4v) is 3.46. The molecule has 1 aliphatic carbocycles. The third-order valence-corrected chi connectivity index (χ3v) is 4.97. The van der Waals surface area contributed by atoms with Crippen molar-refractivity contribution in [3.05, 3.63) is 35.4 Å². The van der Waals surface area contributed by atoms with Gasteiger partial charge in [-0.05, 0) is 49.8 Å². The van der Waals surface area contributed by atoms with Crippen LogP contribution in [0.25, 0.3) is 0 Å². The van der Waals surface area contributed by atoms with Crippen LogP contribution in [0.1, 0.15) is 63.0 Å². The Hall–Kier alpha value is -0.820. The summed E-state index contributed by atoms with van der Waals surface area (Å²) in [5.74, 6) is 1.00. The van der Waals surface area contributed by atoms with E-state index in [1.807, 2.05) is 0 Å². The van der Waals surface area contributed by atoms with Gasteiger partial charge in [-0.2, -0.15) is 0 Å². The summed E-state index contributed by atoms with van der Waals surface area (Å²) in [7, 11) is 2.12. The maximum Gasteiger partial charge on any atom is 0.0105 e. The van der Waals surface area contributed by atoms with E-state index < -0.39 is 0 Å². The van der Waals surface area contributed by atoms with E-state index in [0.717, 1.165) is 12.3 Å². The molecule has 1 aromatic rings. The summed E-state index contributed by atoms with van der Waals surface area (Å²) >= 11 is 0. The summed E-state index contributed by atoms with van der Waals surface area (Å²) in [5, 5.41) is 3.52. The summed E-state index contributed by atoms with van der Waals surface area (Å²) in [6.07, 6.45) is 12.4. The van der Waals surface area contributed by atoms with Gasteiger partial charge in [-0.3, -0.25) is 0 Å². The van der Waals surface area contributed by atoms with Gasteiger partial charge in [0.05, 0.1) is 0 Å². The molecule has 112 valence electrons. The van der Waals surface area contributed by atoms with Crippen LogP contribution in [0.3, 0.4) is 0 Å². The molecule has 1 atom stereocenters. The molecule has 1 nitrogen and oxygen atoms in total. The largest absolute Gasteiger partial charge is 0.317 e. The SMILES string of the molecule is CCc1ccc(CC(CCC2CCCCC2)NC)cc1. The first kappa shape index (κ1) is 15.6. The summed E-state index contributed by atoms with van der Waals surface area (Å²) in [6, 6.07) is 9.82. The molecule has 20 heavy (non-hydrogen) atoms. The van der Waals surface area contributed by atoms with Gasteiger partial charge in [-0.15, -0.1) is 0 Å². The molecule has 0 aliphatic heterocycles. The Labute approximate surface area is 125 Å². The fourth-order valence-electron chi connectivity index (χ4n) is 3.46. The summed E-state index contributed by atoms with van der Waals surface area (Å²) < 4.78 is 0. The molecule has 0 spiro atoms. The number of likely N-dealkylation sites (N-methyl/N-ethyl adjacent to an activating group) is 1. The van der Waals surface area contributed by atoms with Crippen LogP contribution in [0.15, 0.2) is 24.3 Å². The van der Waals surface area contributed by atoms with Gasteiger partial charge >= 0.3 is 0 Å². The molecular formula is C19H31N. The lowest BCUT2D eigenvalue weighted by molar-refractivity contribution is 0.316. The van der Waals surface area contributed by atoms with Crippen molar-refractivity contribution in [3.63, 3.8) is 0 Å². The molecule has 1 heteroatoms. The molecule has 0 aromatic heterocycles. The number of hydrogen-bond donors (Lipinski definition) is 1. The minimum atomic E-state index is 0.643. The van der Waals surface area contributed by atoms with Crippen molar-refractivity contribution >= 4 is 0 Å². The molecule has 1 aliphatic rings. The van der Waals surface area contributed by atoms with E-state index >= 15 is 0 Å². The maximum absolute atomic E-state index is 3.52. The molecule has 1 fully saturated rings. The zero-order chi connectivity index (χ0) is 14.2. The zero-order valence-corrected chi connectivity index (χ0v) is 13.3. The van der Waals surface area contributed by atoms with E-state index in [1.54, 1.807) is 0 Å². The number of aryl methyl sites for hydroxylation is 1. The molecule has 0 bridgehead atoms. The van der Waals surface area contributed by atoms with Crippen LogP contribution in [0.4, 0.5) is 0 Å². The Morgan fingerprint density at radius 2 is 1.70 bits per heavy atom. The molecule has 0 saturated heterocycles. The van der Waals surface area contributed by atoms with E-state index in [0.29, 0.717) is 6.04 Å².